The highest BCUT2D eigenvalue weighted by atomic mass is 79.9. The topological polar surface area (TPSA) is 56.7 Å². The fourth-order valence-corrected chi connectivity index (χ4v) is 3.07. The van der Waals surface area contributed by atoms with E-state index in [0.29, 0.717) is 11.6 Å². The molecule has 0 aliphatic rings. The largest absolute Gasteiger partial charge is 0.338 e. The van der Waals surface area contributed by atoms with Gasteiger partial charge in [0.2, 0.25) is 5.89 Å². The van der Waals surface area contributed by atoms with Gasteiger partial charge in [-0.1, -0.05) is 39.8 Å². The number of thioether (sulfide) groups is 1. The van der Waals surface area contributed by atoms with Crippen LogP contribution in [0, 0.1) is 0 Å². The Morgan fingerprint density at radius 1 is 1.27 bits per heavy atom. The first-order valence-corrected chi connectivity index (χ1v) is 8.77. The Labute approximate surface area is 141 Å². The normalized spacial score (nSPS) is 11.0. The molecule has 7 heteroatoms. The van der Waals surface area contributed by atoms with E-state index >= 15 is 0 Å². The number of aryl methyl sites for hydroxylation is 1. The van der Waals surface area contributed by atoms with E-state index in [0.717, 1.165) is 34.0 Å². The van der Waals surface area contributed by atoms with Crippen LogP contribution in [0.1, 0.15) is 25.1 Å². The number of benzene rings is 1. The highest BCUT2D eigenvalue weighted by Gasteiger charge is 2.10. The fourth-order valence-electron chi connectivity index (χ4n) is 1.99. The van der Waals surface area contributed by atoms with Crippen LogP contribution in [0.2, 0.25) is 0 Å². The van der Waals surface area contributed by atoms with Crippen LogP contribution in [0.15, 0.2) is 50.8 Å². The summed E-state index contributed by atoms with van der Waals surface area (Å²) in [6.07, 6.45) is 5.60. The molecule has 3 aromatic rings. The Bertz CT molecular complexity index is 738. The number of rotatable bonds is 6. The van der Waals surface area contributed by atoms with E-state index in [2.05, 4.69) is 38.0 Å². The molecule has 2 heterocycles. The second-order valence-electron chi connectivity index (χ2n) is 4.70. The standard InChI is InChI=1S/C15H15BrN4OS/c1-2-3-13-18-14(21-19-13)10-22-15-17-8-9-20(15)12-6-4-11(16)5-7-12/h4-9H,2-3,10H2,1H3. The lowest BCUT2D eigenvalue weighted by molar-refractivity contribution is 0.384. The number of hydrogen-bond donors (Lipinski definition) is 0. The predicted molar refractivity (Wildman–Crippen MR) is 89.1 cm³/mol. The molecule has 0 aliphatic heterocycles. The van der Waals surface area contributed by atoms with E-state index in [1.165, 1.54) is 0 Å². The molecule has 0 atom stereocenters. The first kappa shape index (κ1) is 15.3. The van der Waals surface area contributed by atoms with Crippen molar-refractivity contribution in [2.45, 2.75) is 30.7 Å². The first-order chi connectivity index (χ1) is 10.8. The lowest BCUT2D eigenvalue weighted by atomic mass is 10.3. The zero-order valence-corrected chi connectivity index (χ0v) is 14.5. The molecule has 0 unspecified atom stereocenters. The summed E-state index contributed by atoms with van der Waals surface area (Å²) in [6, 6.07) is 8.11. The SMILES string of the molecule is CCCc1noc(CSc2nccn2-c2ccc(Br)cc2)n1. The highest BCUT2D eigenvalue weighted by Crippen LogP contribution is 2.24. The third kappa shape index (κ3) is 3.59. The lowest BCUT2D eigenvalue weighted by Gasteiger charge is -2.06. The van der Waals surface area contributed by atoms with Gasteiger partial charge in [0, 0.05) is 29.0 Å². The lowest BCUT2D eigenvalue weighted by Crippen LogP contribution is -1.95. The van der Waals surface area contributed by atoms with Crippen molar-refractivity contribution < 1.29 is 4.52 Å². The van der Waals surface area contributed by atoms with Crippen molar-refractivity contribution >= 4 is 27.7 Å². The zero-order chi connectivity index (χ0) is 15.4. The summed E-state index contributed by atoms with van der Waals surface area (Å²) in [4.78, 5) is 8.77. The van der Waals surface area contributed by atoms with E-state index in [4.69, 9.17) is 4.52 Å². The Morgan fingerprint density at radius 3 is 2.86 bits per heavy atom. The van der Waals surface area contributed by atoms with Crippen molar-refractivity contribution in [2.75, 3.05) is 0 Å². The summed E-state index contributed by atoms with van der Waals surface area (Å²) in [7, 11) is 0. The van der Waals surface area contributed by atoms with Crippen molar-refractivity contribution in [2.24, 2.45) is 0 Å². The van der Waals surface area contributed by atoms with Gasteiger partial charge in [0.15, 0.2) is 11.0 Å². The molecule has 1 aromatic carbocycles. The predicted octanol–water partition coefficient (Wildman–Crippen LogP) is 4.26. The number of hydrogen-bond acceptors (Lipinski definition) is 5. The third-order valence-electron chi connectivity index (χ3n) is 3.02. The molecular weight excluding hydrogens is 364 g/mol. The van der Waals surface area contributed by atoms with Crippen LogP contribution in [0.5, 0.6) is 0 Å². The highest BCUT2D eigenvalue weighted by molar-refractivity contribution is 9.10. The first-order valence-electron chi connectivity index (χ1n) is 7.00. The van der Waals surface area contributed by atoms with Gasteiger partial charge < -0.3 is 4.52 Å². The van der Waals surface area contributed by atoms with Gasteiger partial charge >= 0.3 is 0 Å². The number of nitrogens with zero attached hydrogens (tertiary/aromatic N) is 4. The average molecular weight is 379 g/mol. The second kappa shape index (κ2) is 7.11. The van der Waals surface area contributed by atoms with Crippen LogP contribution in [-0.2, 0) is 12.2 Å². The molecule has 0 saturated heterocycles. The number of aromatic nitrogens is 4. The summed E-state index contributed by atoms with van der Waals surface area (Å²) in [6.45, 7) is 2.10. The van der Waals surface area contributed by atoms with Gasteiger partial charge in [-0.3, -0.25) is 4.57 Å². The molecule has 2 aromatic heterocycles. The van der Waals surface area contributed by atoms with Crippen LogP contribution in [0.4, 0.5) is 0 Å². The molecule has 0 N–H and O–H groups in total. The van der Waals surface area contributed by atoms with Crippen molar-refractivity contribution in [3.05, 3.63) is 52.8 Å². The second-order valence-corrected chi connectivity index (χ2v) is 6.56. The van der Waals surface area contributed by atoms with Gasteiger partial charge in [-0.15, -0.1) is 0 Å². The van der Waals surface area contributed by atoms with Crippen molar-refractivity contribution in [1.29, 1.82) is 0 Å². The van der Waals surface area contributed by atoms with Gasteiger partial charge in [0.1, 0.15) is 0 Å². The minimum absolute atomic E-state index is 0.615. The molecule has 0 aliphatic carbocycles. The monoisotopic (exact) mass is 378 g/mol. The van der Waals surface area contributed by atoms with E-state index in [1.807, 2.05) is 35.0 Å². The molecule has 0 saturated carbocycles. The van der Waals surface area contributed by atoms with Crippen LogP contribution in [0.25, 0.3) is 5.69 Å². The van der Waals surface area contributed by atoms with Gasteiger partial charge in [-0.25, -0.2) is 4.98 Å². The zero-order valence-electron chi connectivity index (χ0n) is 12.1. The summed E-state index contributed by atoms with van der Waals surface area (Å²) in [5, 5.41) is 4.86. The van der Waals surface area contributed by atoms with E-state index in [-0.39, 0.29) is 0 Å². The Balaban J connectivity index is 1.70. The Hall–Kier alpha value is -1.60. The molecule has 114 valence electrons. The molecule has 0 fully saturated rings. The molecule has 5 nitrogen and oxygen atoms in total. The molecule has 3 rings (SSSR count). The summed E-state index contributed by atoms with van der Waals surface area (Å²) < 4.78 is 8.35. The van der Waals surface area contributed by atoms with Gasteiger partial charge in [0.05, 0.1) is 5.75 Å². The van der Waals surface area contributed by atoms with Crippen molar-refractivity contribution in [1.82, 2.24) is 19.7 Å². The van der Waals surface area contributed by atoms with Gasteiger partial charge in [0.25, 0.3) is 0 Å². The van der Waals surface area contributed by atoms with Gasteiger partial charge in [-0.2, -0.15) is 4.98 Å². The van der Waals surface area contributed by atoms with Crippen molar-refractivity contribution in [3.63, 3.8) is 0 Å². The Morgan fingerprint density at radius 2 is 2.09 bits per heavy atom. The van der Waals surface area contributed by atoms with E-state index in [9.17, 15) is 0 Å². The van der Waals surface area contributed by atoms with Crippen LogP contribution in [0.3, 0.4) is 0 Å². The minimum atomic E-state index is 0.615. The maximum absolute atomic E-state index is 5.25. The molecular formula is C15H15BrN4OS. The van der Waals surface area contributed by atoms with Crippen LogP contribution in [-0.4, -0.2) is 19.7 Å². The summed E-state index contributed by atoms with van der Waals surface area (Å²) in [5.41, 5.74) is 1.07. The van der Waals surface area contributed by atoms with Crippen molar-refractivity contribution in [3.8, 4) is 5.69 Å². The molecule has 22 heavy (non-hydrogen) atoms. The van der Waals surface area contributed by atoms with Crippen LogP contribution < -0.4 is 0 Å². The quantitative estimate of drug-likeness (QED) is 0.599. The number of imidazole rings is 1. The number of halogens is 1. The molecule has 0 amide bonds. The van der Waals surface area contributed by atoms with Gasteiger partial charge in [-0.05, 0) is 30.7 Å². The van der Waals surface area contributed by atoms with E-state index < -0.39 is 0 Å². The Kier molecular flexibility index (Phi) is 4.94. The van der Waals surface area contributed by atoms with E-state index in [1.54, 1.807) is 18.0 Å². The summed E-state index contributed by atoms with van der Waals surface area (Å²) >= 11 is 5.03. The maximum Gasteiger partial charge on any atom is 0.237 e. The fraction of sp³-hybridized carbons (Fsp3) is 0.267. The molecule has 0 radical (unpaired) electrons. The third-order valence-corrected chi connectivity index (χ3v) is 4.50. The maximum atomic E-state index is 5.25. The average Bonchev–Trinajstić information content (AvgIpc) is 3.15. The smallest absolute Gasteiger partial charge is 0.237 e. The molecule has 0 spiro atoms. The van der Waals surface area contributed by atoms with Crippen LogP contribution >= 0.6 is 27.7 Å². The minimum Gasteiger partial charge on any atom is -0.338 e. The summed E-state index contributed by atoms with van der Waals surface area (Å²) in [5.74, 6) is 2.03. The molecule has 0 bridgehead atoms.